The molecule has 102 valence electrons. The lowest BCUT2D eigenvalue weighted by Gasteiger charge is -2.15. The monoisotopic (exact) mass is 277 g/mol. The van der Waals surface area contributed by atoms with Crippen LogP contribution in [0.5, 0.6) is 0 Å². The van der Waals surface area contributed by atoms with Gasteiger partial charge in [-0.15, -0.1) is 11.8 Å². The third-order valence-electron chi connectivity index (χ3n) is 2.30. The van der Waals surface area contributed by atoms with E-state index < -0.39 is 11.7 Å². The van der Waals surface area contributed by atoms with Crippen LogP contribution in [0.3, 0.4) is 0 Å². The zero-order valence-electron chi connectivity index (χ0n) is 10.8. The lowest BCUT2D eigenvalue weighted by molar-refractivity contribution is -0.139. The van der Waals surface area contributed by atoms with Crippen LogP contribution >= 0.6 is 11.8 Å². The fourth-order valence-corrected chi connectivity index (χ4v) is 2.50. The van der Waals surface area contributed by atoms with Crippen LogP contribution < -0.4 is 5.32 Å². The van der Waals surface area contributed by atoms with Gasteiger partial charge in [-0.1, -0.05) is 19.9 Å². The summed E-state index contributed by atoms with van der Waals surface area (Å²) < 4.78 is 38.9. The van der Waals surface area contributed by atoms with E-state index in [9.17, 15) is 13.2 Å². The van der Waals surface area contributed by atoms with Gasteiger partial charge in [-0.05, 0) is 30.7 Å². The largest absolute Gasteiger partial charge is 0.417 e. The summed E-state index contributed by atoms with van der Waals surface area (Å²) >= 11 is 1.27. The first-order valence-corrected chi connectivity index (χ1v) is 6.80. The molecular weight excluding hydrogens is 259 g/mol. The molecule has 1 aromatic carbocycles. The van der Waals surface area contributed by atoms with E-state index in [2.05, 4.69) is 5.32 Å². The molecule has 0 heterocycles. The highest BCUT2D eigenvalue weighted by Crippen LogP contribution is 2.37. The van der Waals surface area contributed by atoms with Crippen molar-refractivity contribution in [3.63, 3.8) is 0 Å². The Hall–Kier alpha value is -0.680. The molecule has 0 saturated heterocycles. The molecular formula is C13H18F3NS. The van der Waals surface area contributed by atoms with Gasteiger partial charge >= 0.3 is 6.18 Å². The van der Waals surface area contributed by atoms with E-state index in [1.54, 1.807) is 19.2 Å². The Bertz CT molecular complexity index is 388. The number of halogens is 3. The van der Waals surface area contributed by atoms with Crippen LogP contribution in [0.25, 0.3) is 0 Å². The number of benzene rings is 1. The van der Waals surface area contributed by atoms with Crippen molar-refractivity contribution in [2.24, 2.45) is 5.92 Å². The van der Waals surface area contributed by atoms with Crippen molar-refractivity contribution in [1.82, 2.24) is 5.32 Å². The van der Waals surface area contributed by atoms with Gasteiger partial charge in [0.25, 0.3) is 0 Å². The second-order valence-electron chi connectivity index (χ2n) is 4.56. The third kappa shape index (κ3) is 4.53. The SMILES string of the molecule is CNCc1ccc(SCC(C)C)c(C(F)(F)F)c1. The average Bonchev–Trinajstić information content (AvgIpc) is 2.26. The van der Waals surface area contributed by atoms with Crippen LogP contribution in [0.2, 0.25) is 0 Å². The first kappa shape index (κ1) is 15.4. The van der Waals surface area contributed by atoms with Crippen LogP contribution in [0, 0.1) is 5.92 Å². The highest BCUT2D eigenvalue weighted by molar-refractivity contribution is 7.99. The Balaban J connectivity index is 3.01. The molecule has 18 heavy (non-hydrogen) atoms. The van der Waals surface area contributed by atoms with E-state index in [0.29, 0.717) is 28.7 Å². The molecule has 5 heteroatoms. The minimum atomic E-state index is -4.29. The fraction of sp³-hybridized carbons (Fsp3) is 0.538. The standard InChI is InChI=1S/C13H18F3NS/c1-9(2)8-18-12-5-4-10(7-17-3)6-11(12)13(14,15)16/h4-6,9,17H,7-8H2,1-3H3. The molecule has 0 spiro atoms. The minimum absolute atomic E-state index is 0.316. The van der Waals surface area contributed by atoms with E-state index in [1.807, 2.05) is 13.8 Å². The summed E-state index contributed by atoms with van der Waals surface area (Å²) in [6.07, 6.45) is -4.29. The van der Waals surface area contributed by atoms with Gasteiger partial charge in [0.1, 0.15) is 0 Å². The van der Waals surface area contributed by atoms with Crippen molar-refractivity contribution in [3.8, 4) is 0 Å². The number of alkyl halides is 3. The molecule has 0 atom stereocenters. The Labute approximate surface area is 110 Å². The van der Waals surface area contributed by atoms with Crippen molar-refractivity contribution < 1.29 is 13.2 Å². The average molecular weight is 277 g/mol. The maximum Gasteiger partial charge on any atom is 0.417 e. The lowest BCUT2D eigenvalue weighted by atomic mass is 10.1. The Kier molecular flexibility index (Phi) is 5.53. The van der Waals surface area contributed by atoms with E-state index in [4.69, 9.17) is 0 Å². The molecule has 0 aromatic heterocycles. The minimum Gasteiger partial charge on any atom is -0.316 e. The topological polar surface area (TPSA) is 12.0 Å². The summed E-state index contributed by atoms with van der Waals surface area (Å²) in [5.74, 6) is 1.06. The van der Waals surface area contributed by atoms with Gasteiger partial charge in [-0.2, -0.15) is 13.2 Å². The Morgan fingerprint density at radius 1 is 1.28 bits per heavy atom. The Morgan fingerprint density at radius 3 is 2.44 bits per heavy atom. The molecule has 0 aliphatic rings. The number of hydrogen-bond acceptors (Lipinski definition) is 2. The highest BCUT2D eigenvalue weighted by Gasteiger charge is 2.33. The van der Waals surface area contributed by atoms with Crippen molar-refractivity contribution in [1.29, 1.82) is 0 Å². The fourth-order valence-electron chi connectivity index (χ4n) is 1.50. The van der Waals surface area contributed by atoms with Crippen LogP contribution in [0.1, 0.15) is 25.0 Å². The van der Waals surface area contributed by atoms with E-state index in [1.165, 1.54) is 17.8 Å². The first-order valence-electron chi connectivity index (χ1n) is 5.82. The molecule has 1 aromatic rings. The second kappa shape index (κ2) is 6.48. The molecule has 0 amide bonds. The normalized spacial score (nSPS) is 12.2. The molecule has 0 aliphatic heterocycles. The summed E-state index contributed by atoms with van der Waals surface area (Å²) in [5.41, 5.74) is 0.125. The van der Waals surface area contributed by atoms with Crippen LogP contribution in [-0.4, -0.2) is 12.8 Å². The van der Waals surface area contributed by atoms with Crippen molar-refractivity contribution in [3.05, 3.63) is 29.3 Å². The predicted molar refractivity (Wildman–Crippen MR) is 69.8 cm³/mol. The van der Waals surface area contributed by atoms with Crippen molar-refractivity contribution in [2.45, 2.75) is 31.5 Å². The quantitative estimate of drug-likeness (QED) is 0.811. The van der Waals surface area contributed by atoms with Crippen LogP contribution in [0.15, 0.2) is 23.1 Å². The molecule has 0 unspecified atom stereocenters. The summed E-state index contributed by atoms with van der Waals surface area (Å²) in [4.78, 5) is 0.316. The van der Waals surface area contributed by atoms with Gasteiger partial charge in [0.15, 0.2) is 0 Å². The zero-order valence-corrected chi connectivity index (χ0v) is 11.6. The van der Waals surface area contributed by atoms with Crippen molar-refractivity contribution >= 4 is 11.8 Å². The summed E-state index contributed by atoms with van der Waals surface area (Å²) in [6, 6.07) is 4.55. The molecule has 0 saturated carbocycles. The van der Waals surface area contributed by atoms with Gasteiger partial charge in [-0.3, -0.25) is 0 Å². The maximum absolute atomic E-state index is 13.0. The lowest BCUT2D eigenvalue weighted by Crippen LogP contribution is -2.11. The van der Waals surface area contributed by atoms with Crippen LogP contribution in [0.4, 0.5) is 13.2 Å². The van der Waals surface area contributed by atoms with E-state index >= 15 is 0 Å². The van der Waals surface area contributed by atoms with Gasteiger partial charge in [0.2, 0.25) is 0 Å². The first-order chi connectivity index (χ1) is 8.34. The molecule has 0 fully saturated rings. The maximum atomic E-state index is 13.0. The van der Waals surface area contributed by atoms with Gasteiger partial charge in [0, 0.05) is 17.2 Å². The zero-order chi connectivity index (χ0) is 13.8. The second-order valence-corrected chi connectivity index (χ2v) is 5.63. The number of hydrogen-bond donors (Lipinski definition) is 1. The molecule has 0 bridgehead atoms. The predicted octanol–water partition coefficient (Wildman–Crippen LogP) is 4.17. The number of nitrogens with one attached hydrogen (secondary N) is 1. The van der Waals surface area contributed by atoms with Gasteiger partial charge in [-0.25, -0.2) is 0 Å². The van der Waals surface area contributed by atoms with Gasteiger partial charge in [0.05, 0.1) is 5.56 Å². The molecule has 1 N–H and O–H groups in total. The number of rotatable bonds is 5. The number of thioether (sulfide) groups is 1. The summed E-state index contributed by atoms with van der Waals surface area (Å²) in [6.45, 7) is 4.43. The van der Waals surface area contributed by atoms with E-state index in [-0.39, 0.29) is 0 Å². The van der Waals surface area contributed by atoms with Gasteiger partial charge < -0.3 is 5.32 Å². The molecule has 0 aliphatic carbocycles. The summed E-state index contributed by atoms with van der Waals surface area (Å²) in [7, 11) is 1.72. The van der Waals surface area contributed by atoms with E-state index in [0.717, 1.165) is 0 Å². The smallest absolute Gasteiger partial charge is 0.316 e. The molecule has 1 rings (SSSR count). The molecule has 0 radical (unpaired) electrons. The Morgan fingerprint density at radius 2 is 1.94 bits per heavy atom. The third-order valence-corrected chi connectivity index (χ3v) is 3.80. The van der Waals surface area contributed by atoms with Crippen molar-refractivity contribution in [2.75, 3.05) is 12.8 Å². The highest BCUT2D eigenvalue weighted by atomic mass is 32.2. The van der Waals surface area contributed by atoms with Crippen LogP contribution in [-0.2, 0) is 12.7 Å². The summed E-state index contributed by atoms with van der Waals surface area (Å²) in [5, 5.41) is 2.86. The molecule has 1 nitrogen and oxygen atoms in total.